The molecule has 19 heteroatoms. The zero-order valence-corrected chi connectivity index (χ0v) is 26.6. The van der Waals surface area contributed by atoms with Gasteiger partial charge in [0, 0.05) is 0 Å². The van der Waals surface area contributed by atoms with E-state index in [1.54, 1.807) is 0 Å². The second-order valence-electron chi connectivity index (χ2n) is 4.62. The number of rotatable bonds is 12. The molecule has 31 heavy (non-hydrogen) atoms. The van der Waals surface area contributed by atoms with Gasteiger partial charge in [-0.15, -0.1) is 11.4 Å². The molecule has 0 saturated heterocycles. The monoisotopic (exact) mass is 540 g/mol. The van der Waals surface area contributed by atoms with Gasteiger partial charge in [-0.2, -0.15) is 0 Å². The average molecular weight is 541 g/mol. The molecule has 14 nitrogen and oxygen atoms in total. The third-order valence-electron chi connectivity index (χ3n) is 2.73. The van der Waals surface area contributed by atoms with E-state index < -0.39 is 21.8 Å². The molecule has 0 aromatic rings. The summed E-state index contributed by atoms with van der Waals surface area (Å²) < 4.78 is 59.8. The molecule has 0 aromatic carbocycles. The Bertz CT molecular complexity index is 349. The normalized spacial score (nSPS) is 7.65. The zero-order chi connectivity index (χ0) is 16.6. The Kier molecular flexibility index (Phi) is 144. The minimum Gasteiger partial charge on any atom is -0.784 e. The summed E-state index contributed by atoms with van der Waals surface area (Å²) >= 11 is -3.11. The maximum atomic E-state index is 10.1. The molecule has 0 radical (unpaired) electrons. The van der Waals surface area contributed by atoms with Crippen LogP contribution in [0, 0.1) is 0 Å². The van der Waals surface area contributed by atoms with Gasteiger partial charge in [-0.25, -0.2) is 8.42 Å². The molecule has 0 aromatic heterocycles. The van der Waals surface area contributed by atoms with E-state index in [4.69, 9.17) is 13.3 Å². The van der Waals surface area contributed by atoms with Gasteiger partial charge in [0.1, 0.15) is 0 Å². The third-order valence-corrected chi connectivity index (χ3v) is 3.18. The zero-order valence-electron chi connectivity index (χ0n) is 19.0. The summed E-state index contributed by atoms with van der Waals surface area (Å²) in [4.78, 5) is 0. The Labute approximate surface area is 254 Å². The predicted octanol–water partition coefficient (Wildman–Crippen LogP) is -12.4. The van der Waals surface area contributed by atoms with Crippen molar-refractivity contribution in [2.45, 2.75) is 71.1 Å². The molecule has 0 rings (SSSR count). The summed E-state index contributed by atoms with van der Waals surface area (Å²) in [6.07, 6.45) is 11.7. The van der Waals surface area contributed by atoms with Gasteiger partial charge in [0.15, 0.2) is 0 Å². The van der Waals surface area contributed by atoms with E-state index in [9.17, 15) is 13.0 Å². The number of hydrogen-bond donors (Lipinski definition) is 0. The van der Waals surface area contributed by atoms with E-state index in [0.29, 0.717) is 6.42 Å². The van der Waals surface area contributed by atoms with Crippen molar-refractivity contribution in [1.82, 2.24) is 0 Å². The fourth-order valence-corrected chi connectivity index (χ4v) is 2.07. The van der Waals surface area contributed by atoms with Crippen LogP contribution in [-0.4, -0.2) is 71.2 Å². The topological polar surface area (TPSA) is 350 Å². The van der Waals surface area contributed by atoms with Crippen molar-refractivity contribution in [3.05, 3.63) is 0 Å². The summed E-state index contributed by atoms with van der Waals surface area (Å²) in [5, 5.41) is 0. The van der Waals surface area contributed by atoms with Crippen LogP contribution in [0.4, 0.5) is 0 Å². The van der Waals surface area contributed by atoms with E-state index in [1.807, 2.05) is 0 Å². The molecule has 0 spiro atoms. The van der Waals surface area contributed by atoms with Gasteiger partial charge < -0.3 is 52.0 Å². The SMILES string of the molecule is CCCCCCCCCCCCOS(=O)(=O)[O-].O.O.O.O.O.O.O.O=S([O-])[O-].[Na+].[Na+].[Na+]. The number of unbranched alkanes of at least 4 members (excludes halogenated alkanes) is 9. The quantitative estimate of drug-likeness (QED) is 0.0754. The van der Waals surface area contributed by atoms with Crippen LogP contribution < -0.4 is 88.7 Å². The minimum absolute atomic E-state index is 0. The summed E-state index contributed by atoms with van der Waals surface area (Å²) in [5.41, 5.74) is 0. The molecule has 0 bridgehead atoms. The smallest absolute Gasteiger partial charge is 0.784 e. The van der Waals surface area contributed by atoms with Gasteiger partial charge in [0.05, 0.1) is 6.61 Å². The van der Waals surface area contributed by atoms with Gasteiger partial charge in [-0.3, -0.25) is 8.39 Å². The fraction of sp³-hybridized carbons (Fsp3) is 1.00. The second-order valence-corrected chi connectivity index (χ2v) is 6.08. The molecule has 0 atom stereocenters. The van der Waals surface area contributed by atoms with Crippen LogP contribution in [0.2, 0.25) is 0 Å². The van der Waals surface area contributed by atoms with Crippen LogP contribution in [0.5, 0.6) is 0 Å². The van der Waals surface area contributed by atoms with Crippen LogP contribution in [0.3, 0.4) is 0 Å². The molecule has 0 aliphatic carbocycles. The average Bonchev–Trinajstić information content (AvgIpc) is 2.34. The van der Waals surface area contributed by atoms with Gasteiger partial charge in [-0.1, -0.05) is 64.7 Å². The molecule has 0 amide bonds. The van der Waals surface area contributed by atoms with E-state index >= 15 is 0 Å². The summed E-state index contributed by atoms with van der Waals surface area (Å²) in [7, 11) is -4.48. The van der Waals surface area contributed by atoms with Crippen molar-refractivity contribution in [2.75, 3.05) is 6.61 Å². The van der Waals surface area contributed by atoms with Crippen LogP contribution in [0.15, 0.2) is 0 Å². The molecule has 0 aliphatic rings. The molecule has 0 heterocycles. The fourth-order valence-electron chi connectivity index (χ4n) is 1.75. The Morgan fingerprint density at radius 2 is 0.871 bits per heavy atom. The second kappa shape index (κ2) is 58.5. The van der Waals surface area contributed by atoms with Crippen molar-refractivity contribution in [3.8, 4) is 0 Å². The Morgan fingerprint density at radius 3 is 1.10 bits per heavy atom. The van der Waals surface area contributed by atoms with E-state index in [0.717, 1.165) is 12.8 Å². The molecular weight excluding hydrogens is 501 g/mol. The molecule has 14 N–H and O–H groups in total. The molecular formula is C12H39Na3O14S2. The standard InChI is InChI=1S/C12H26O4S.3Na.H2O3S.7H2O/c1-2-3-4-5-6-7-8-9-10-11-12-16-17(13,14)15;;;;1-4(2)3;;;;;;;/h2-12H2,1H3,(H,13,14,15);;;;(H2,1,2,3);7*1H2/q;3*+1;;;;;;;;/p-3. The first-order chi connectivity index (χ1) is 9.79. The van der Waals surface area contributed by atoms with Crippen LogP contribution >= 0.6 is 0 Å². The summed E-state index contributed by atoms with van der Waals surface area (Å²) in [6.45, 7) is 2.24. The van der Waals surface area contributed by atoms with Gasteiger partial charge in [-0.05, 0) is 6.42 Å². The van der Waals surface area contributed by atoms with Gasteiger partial charge >= 0.3 is 88.7 Å². The van der Waals surface area contributed by atoms with Crippen LogP contribution in [0.1, 0.15) is 71.1 Å². The minimum atomic E-state index is -4.48. The van der Waals surface area contributed by atoms with Gasteiger partial charge in [0.25, 0.3) is 0 Å². The van der Waals surface area contributed by atoms with Crippen molar-refractivity contribution >= 4 is 21.8 Å². The molecule has 0 aliphatic heterocycles. The maximum absolute atomic E-state index is 10.1. The molecule has 186 valence electrons. The van der Waals surface area contributed by atoms with Crippen molar-refractivity contribution in [1.29, 1.82) is 0 Å². The van der Waals surface area contributed by atoms with Gasteiger partial charge in [0.2, 0.25) is 10.4 Å². The van der Waals surface area contributed by atoms with Crippen LogP contribution in [-0.2, 0) is 25.9 Å². The first kappa shape index (κ1) is 76.5. The van der Waals surface area contributed by atoms with Crippen molar-refractivity contribution < 1.29 is 157 Å². The molecule has 0 fully saturated rings. The summed E-state index contributed by atoms with van der Waals surface area (Å²) in [6, 6.07) is 0. The first-order valence-corrected chi connectivity index (χ1v) is 9.50. The van der Waals surface area contributed by atoms with Crippen molar-refractivity contribution in [2.24, 2.45) is 0 Å². The maximum Gasteiger partial charge on any atom is 1.00 e. The molecule has 0 unspecified atom stereocenters. The third kappa shape index (κ3) is 111. The van der Waals surface area contributed by atoms with E-state index in [1.165, 1.54) is 44.9 Å². The Balaban J connectivity index is -0.0000000238. The van der Waals surface area contributed by atoms with Crippen molar-refractivity contribution in [3.63, 3.8) is 0 Å². The Hall–Kier alpha value is 2.66. The predicted molar refractivity (Wildman–Crippen MR) is 102 cm³/mol. The van der Waals surface area contributed by atoms with E-state index in [2.05, 4.69) is 11.1 Å². The molecule has 0 saturated carbocycles. The first-order valence-electron chi connectivity index (χ1n) is 7.16. The van der Waals surface area contributed by atoms with Crippen LogP contribution in [0.25, 0.3) is 0 Å². The van der Waals surface area contributed by atoms with E-state index in [-0.39, 0.29) is 134 Å². The largest absolute Gasteiger partial charge is 1.00 e. The Morgan fingerprint density at radius 1 is 0.645 bits per heavy atom. The summed E-state index contributed by atoms with van der Waals surface area (Å²) in [5.74, 6) is 0. The number of hydrogen-bond acceptors (Lipinski definition) is 7.